The fourth-order valence-corrected chi connectivity index (χ4v) is 1.48. The Morgan fingerprint density at radius 1 is 1.29 bits per heavy atom. The van der Waals surface area contributed by atoms with E-state index in [4.69, 9.17) is 0 Å². The second kappa shape index (κ2) is 3.62. The molecule has 2 heterocycles. The predicted molar refractivity (Wildman–Crippen MR) is 58.5 cm³/mol. The van der Waals surface area contributed by atoms with Crippen LogP contribution in [0.15, 0.2) is 24.4 Å². The second-order valence-corrected chi connectivity index (χ2v) is 3.14. The standard InChI is InChI=1S/C11H13N3/c1-3-8-4-5-9-10(12-2)6-7-13-11(9)14-8/h4-7H,3H2,1-2H3,(H,12,13,14). The van der Waals surface area contributed by atoms with Crippen LogP contribution < -0.4 is 5.32 Å². The lowest BCUT2D eigenvalue weighted by Crippen LogP contribution is -1.94. The fraction of sp³-hybridized carbons (Fsp3) is 0.273. The minimum absolute atomic E-state index is 0.816. The number of pyridine rings is 2. The van der Waals surface area contributed by atoms with Crippen molar-refractivity contribution in [3.63, 3.8) is 0 Å². The Balaban J connectivity index is 2.67. The third kappa shape index (κ3) is 1.41. The number of rotatable bonds is 2. The van der Waals surface area contributed by atoms with Gasteiger partial charge in [-0.1, -0.05) is 6.92 Å². The molecule has 0 aliphatic rings. The number of hydrogen-bond donors (Lipinski definition) is 1. The van der Waals surface area contributed by atoms with Crippen molar-refractivity contribution in [2.75, 3.05) is 12.4 Å². The van der Waals surface area contributed by atoms with Crippen molar-refractivity contribution in [2.24, 2.45) is 0 Å². The molecular weight excluding hydrogens is 174 g/mol. The van der Waals surface area contributed by atoms with E-state index in [2.05, 4.69) is 28.3 Å². The van der Waals surface area contributed by atoms with Crippen molar-refractivity contribution in [3.8, 4) is 0 Å². The highest BCUT2D eigenvalue weighted by atomic mass is 14.9. The zero-order chi connectivity index (χ0) is 9.97. The van der Waals surface area contributed by atoms with Crippen LogP contribution in [0, 0.1) is 0 Å². The van der Waals surface area contributed by atoms with Gasteiger partial charge in [0, 0.05) is 30.0 Å². The maximum absolute atomic E-state index is 4.45. The highest BCUT2D eigenvalue weighted by Crippen LogP contribution is 2.19. The quantitative estimate of drug-likeness (QED) is 0.783. The van der Waals surface area contributed by atoms with Crippen molar-refractivity contribution in [3.05, 3.63) is 30.1 Å². The Morgan fingerprint density at radius 3 is 2.86 bits per heavy atom. The summed E-state index contributed by atoms with van der Waals surface area (Å²) in [6, 6.07) is 6.07. The lowest BCUT2D eigenvalue weighted by Gasteiger charge is -2.04. The number of aryl methyl sites for hydroxylation is 1. The van der Waals surface area contributed by atoms with Gasteiger partial charge in [0.05, 0.1) is 0 Å². The number of hydrogen-bond acceptors (Lipinski definition) is 3. The lowest BCUT2D eigenvalue weighted by molar-refractivity contribution is 1.05. The van der Waals surface area contributed by atoms with Crippen LogP contribution in [0.4, 0.5) is 5.69 Å². The average Bonchev–Trinajstić information content (AvgIpc) is 2.27. The summed E-state index contributed by atoms with van der Waals surface area (Å²) in [6.07, 6.45) is 2.72. The van der Waals surface area contributed by atoms with Gasteiger partial charge in [0.2, 0.25) is 0 Å². The number of anilines is 1. The third-order valence-corrected chi connectivity index (χ3v) is 2.29. The molecule has 14 heavy (non-hydrogen) atoms. The van der Waals surface area contributed by atoms with E-state index in [1.807, 2.05) is 19.2 Å². The van der Waals surface area contributed by atoms with Crippen LogP contribution >= 0.6 is 0 Å². The summed E-state index contributed by atoms with van der Waals surface area (Å²) in [5, 5.41) is 4.20. The van der Waals surface area contributed by atoms with E-state index >= 15 is 0 Å². The first-order chi connectivity index (χ1) is 6.85. The summed E-state index contributed by atoms with van der Waals surface area (Å²) < 4.78 is 0. The first kappa shape index (κ1) is 8.94. The van der Waals surface area contributed by atoms with E-state index in [1.165, 1.54) is 0 Å². The molecule has 2 aromatic heterocycles. The third-order valence-electron chi connectivity index (χ3n) is 2.29. The van der Waals surface area contributed by atoms with E-state index in [0.717, 1.165) is 28.8 Å². The highest BCUT2D eigenvalue weighted by molar-refractivity contribution is 5.88. The molecular formula is C11H13N3. The molecule has 2 rings (SSSR count). The molecule has 0 atom stereocenters. The molecule has 72 valence electrons. The van der Waals surface area contributed by atoms with E-state index in [1.54, 1.807) is 6.20 Å². The Labute approximate surface area is 83.2 Å². The summed E-state index contributed by atoms with van der Waals surface area (Å²) in [5.41, 5.74) is 2.97. The van der Waals surface area contributed by atoms with Gasteiger partial charge >= 0.3 is 0 Å². The zero-order valence-corrected chi connectivity index (χ0v) is 8.41. The summed E-state index contributed by atoms with van der Waals surface area (Å²) >= 11 is 0. The molecule has 0 aliphatic heterocycles. The van der Waals surface area contributed by atoms with Crippen molar-refractivity contribution in [1.29, 1.82) is 0 Å². The summed E-state index contributed by atoms with van der Waals surface area (Å²) in [7, 11) is 1.91. The fourth-order valence-electron chi connectivity index (χ4n) is 1.48. The summed E-state index contributed by atoms with van der Waals surface area (Å²) in [6.45, 7) is 2.09. The smallest absolute Gasteiger partial charge is 0.161 e. The normalized spacial score (nSPS) is 10.4. The van der Waals surface area contributed by atoms with Crippen molar-refractivity contribution >= 4 is 16.7 Å². The molecule has 0 saturated heterocycles. The highest BCUT2D eigenvalue weighted by Gasteiger charge is 2.01. The Kier molecular flexibility index (Phi) is 2.31. The summed E-state index contributed by atoms with van der Waals surface area (Å²) in [5.74, 6) is 0. The molecule has 0 aromatic carbocycles. The first-order valence-electron chi connectivity index (χ1n) is 4.77. The van der Waals surface area contributed by atoms with Crippen LogP contribution in [-0.4, -0.2) is 17.0 Å². The Bertz CT molecular complexity index is 451. The maximum Gasteiger partial charge on any atom is 0.161 e. The van der Waals surface area contributed by atoms with Gasteiger partial charge in [-0.05, 0) is 24.6 Å². The van der Waals surface area contributed by atoms with Crippen LogP contribution in [0.2, 0.25) is 0 Å². The molecule has 0 aliphatic carbocycles. The summed E-state index contributed by atoms with van der Waals surface area (Å²) in [4.78, 5) is 8.70. The molecule has 0 amide bonds. The van der Waals surface area contributed by atoms with E-state index in [0.29, 0.717) is 0 Å². The molecule has 3 nitrogen and oxygen atoms in total. The molecule has 1 N–H and O–H groups in total. The van der Waals surface area contributed by atoms with Gasteiger partial charge in [0.25, 0.3) is 0 Å². The molecule has 0 saturated carbocycles. The molecule has 0 bridgehead atoms. The van der Waals surface area contributed by atoms with Crippen LogP contribution in [0.1, 0.15) is 12.6 Å². The van der Waals surface area contributed by atoms with Gasteiger partial charge in [-0.2, -0.15) is 0 Å². The molecule has 3 heteroatoms. The van der Waals surface area contributed by atoms with Gasteiger partial charge in [-0.15, -0.1) is 0 Å². The topological polar surface area (TPSA) is 37.8 Å². The Hall–Kier alpha value is -1.64. The minimum atomic E-state index is 0.816. The number of fused-ring (bicyclic) bond motifs is 1. The first-order valence-corrected chi connectivity index (χ1v) is 4.77. The second-order valence-electron chi connectivity index (χ2n) is 3.14. The Morgan fingerprint density at radius 2 is 2.14 bits per heavy atom. The molecule has 2 aromatic rings. The largest absolute Gasteiger partial charge is 0.387 e. The number of nitrogens with one attached hydrogen (secondary N) is 1. The molecule has 0 radical (unpaired) electrons. The van der Waals surface area contributed by atoms with Crippen LogP contribution in [0.25, 0.3) is 11.0 Å². The van der Waals surface area contributed by atoms with Crippen molar-refractivity contribution in [2.45, 2.75) is 13.3 Å². The van der Waals surface area contributed by atoms with Crippen molar-refractivity contribution in [1.82, 2.24) is 9.97 Å². The SMILES string of the molecule is CCc1ccc2c(NC)ccnc2n1. The average molecular weight is 187 g/mol. The van der Waals surface area contributed by atoms with Gasteiger partial charge in [0.1, 0.15) is 0 Å². The van der Waals surface area contributed by atoms with Crippen LogP contribution in [-0.2, 0) is 6.42 Å². The zero-order valence-electron chi connectivity index (χ0n) is 8.41. The monoisotopic (exact) mass is 187 g/mol. The van der Waals surface area contributed by atoms with Crippen LogP contribution in [0.3, 0.4) is 0 Å². The van der Waals surface area contributed by atoms with E-state index in [9.17, 15) is 0 Å². The molecule has 0 spiro atoms. The molecule has 0 unspecified atom stereocenters. The van der Waals surface area contributed by atoms with E-state index < -0.39 is 0 Å². The van der Waals surface area contributed by atoms with Crippen LogP contribution in [0.5, 0.6) is 0 Å². The predicted octanol–water partition coefficient (Wildman–Crippen LogP) is 2.23. The number of nitrogens with zero attached hydrogens (tertiary/aromatic N) is 2. The van der Waals surface area contributed by atoms with Gasteiger partial charge in [-0.3, -0.25) is 0 Å². The minimum Gasteiger partial charge on any atom is -0.387 e. The van der Waals surface area contributed by atoms with Crippen molar-refractivity contribution < 1.29 is 0 Å². The number of aromatic nitrogens is 2. The van der Waals surface area contributed by atoms with E-state index in [-0.39, 0.29) is 0 Å². The van der Waals surface area contributed by atoms with Gasteiger partial charge in [-0.25, -0.2) is 9.97 Å². The van der Waals surface area contributed by atoms with Gasteiger partial charge in [0.15, 0.2) is 5.65 Å². The lowest BCUT2D eigenvalue weighted by atomic mass is 10.2. The maximum atomic E-state index is 4.45. The van der Waals surface area contributed by atoms with Gasteiger partial charge < -0.3 is 5.32 Å². The molecule has 0 fully saturated rings.